The Labute approximate surface area is 171 Å². The highest BCUT2D eigenvalue weighted by Gasteiger charge is 2.10. The van der Waals surface area contributed by atoms with Gasteiger partial charge in [-0.15, -0.1) is 0 Å². The zero-order chi connectivity index (χ0) is 20.2. The maximum Gasteiger partial charge on any atom is 0.125 e. The summed E-state index contributed by atoms with van der Waals surface area (Å²) in [7, 11) is 0. The molecule has 0 aliphatic carbocycles. The number of benzene rings is 4. The second kappa shape index (κ2) is 8.36. The van der Waals surface area contributed by atoms with Crippen molar-refractivity contribution in [2.75, 3.05) is 5.32 Å². The first kappa shape index (κ1) is 19.0. The van der Waals surface area contributed by atoms with Crippen LogP contribution in [0.1, 0.15) is 22.3 Å². The van der Waals surface area contributed by atoms with E-state index in [-0.39, 0.29) is 5.82 Å². The molecule has 29 heavy (non-hydrogen) atoms. The molecule has 0 spiro atoms. The van der Waals surface area contributed by atoms with Crippen LogP contribution in [0.2, 0.25) is 0 Å². The normalized spacial score (nSPS) is 10.9. The van der Waals surface area contributed by atoms with Crippen molar-refractivity contribution >= 4 is 16.5 Å². The Kier molecular flexibility index (Phi) is 5.48. The van der Waals surface area contributed by atoms with Crippen LogP contribution in [0.3, 0.4) is 0 Å². The van der Waals surface area contributed by atoms with E-state index in [1.807, 2.05) is 18.2 Å². The van der Waals surface area contributed by atoms with Crippen LogP contribution >= 0.6 is 0 Å². The summed E-state index contributed by atoms with van der Waals surface area (Å²) >= 11 is 0. The van der Waals surface area contributed by atoms with Crippen molar-refractivity contribution in [1.82, 2.24) is 0 Å². The lowest BCUT2D eigenvalue weighted by Crippen LogP contribution is -2.06. The largest absolute Gasteiger partial charge is 0.489 e. The molecule has 4 aromatic carbocycles. The Morgan fingerprint density at radius 1 is 0.828 bits per heavy atom. The lowest BCUT2D eigenvalue weighted by molar-refractivity contribution is 0.303. The third-order valence-electron chi connectivity index (χ3n) is 5.37. The summed E-state index contributed by atoms with van der Waals surface area (Å²) in [4.78, 5) is 0. The molecule has 0 heterocycles. The van der Waals surface area contributed by atoms with Crippen LogP contribution in [0.4, 0.5) is 10.1 Å². The molecule has 4 aromatic rings. The van der Waals surface area contributed by atoms with Crippen LogP contribution < -0.4 is 10.1 Å². The monoisotopic (exact) mass is 385 g/mol. The number of halogens is 1. The predicted molar refractivity (Wildman–Crippen MR) is 118 cm³/mol. The highest BCUT2D eigenvalue weighted by Crippen LogP contribution is 2.30. The molecule has 0 radical (unpaired) electrons. The van der Waals surface area contributed by atoms with Gasteiger partial charge in [0.15, 0.2) is 0 Å². The maximum atomic E-state index is 13.2. The van der Waals surface area contributed by atoms with E-state index in [1.54, 1.807) is 12.1 Å². The summed E-state index contributed by atoms with van der Waals surface area (Å²) in [5.74, 6) is 0.601. The highest BCUT2D eigenvalue weighted by molar-refractivity contribution is 5.88. The van der Waals surface area contributed by atoms with Gasteiger partial charge in [0, 0.05) is 17.8 Å². The van der Waals surface area contributed by atoms with Gasteiger partial charge in [0.2, 0.25) is 0 Å². The van der Waals surface area contributed by atoms with Gasteiger partial charge in [0.1, 0.15) is 18.2 Å². The summed E-state index contributed by atoms with van der Waals surface area (Å²) in [6.45, 7) is 5.31. The van der Waals surface area contributed by atoms with Gasteiger partial charge in [0.25, 0.3) is 0 Å². The standard InChI is InChI=1S/C26H24FNO/c1-18-6-5-9-25(19(18)2)28-16-24-23-8-4-3-7-21(23)12-15-26(24)29-17-20-10-13-22(27)14-11-20/h3-15,28H,16-17H2,1-2H3. The predicted octanol–water partition coefficient (Wildman–Crippen LogP) is 6.79. The zero-order valence-corrected chi connectivity index (χ0v) is 16.7. The molecule has 0 aromatic heterocycles. The first-order valence-electron chi connectivity index (χ1n) is 9.80. The molecule has 0 saturated heterocycles. The number of aryl methyl sites for hydroxylation is 1. The van der Waals surface area contributed by atoms with Crippen LogP contribution in [-0.4, -0.2) is 0 Å². The SMILES string of the molecule is Cc1cccc(NCc2c(OCc3ccc(F)cc3)ccc3ccccc23)c1C. The number of anilines is 1. The van der Waals surface area contributed by atoms with Gasteiger partial charge in [-0.2, -0.15) is 0 Å². The van der Waals surface area contributed by atoms with E-state index in [2.05, 4.69) is 55.6 Å². The number of hydrogen-bond acceptors (Lipinski definition) is 2. The Morgan fingerprint density at radius 3 is 2.45 bits per heavy atom. The Bertz CT molecular complexity index is 1140. The topological polar surface area (TPSA) is 21.3 Å². The smallest absolute Gasteiger partial charge is 0.125 e. The summed E-state index contributed by atoms with van der Waals surface area (Å²) in [6, 6.07) is 25.2. The average Bonchev–Trinajstić information content (AvgIpc) is 2.74. The summed E-state index contributed by atoms with van der Waals surface area (Å²) in [6.07, 6.45) is 0. The van der Waals surface area contributed by atoms with Gasteiger partial charge in [-0.05, 0) is 65.6 Å². The molecule has 0 amide bonds. The average molecular weight is 385 g/mol. The van der Waals surface area contributed by atoms with Gasteiger partial charge < -0.3 is 10.1 Å². The van der Waals surface area contributed by atoms with Crippen LogP contribution in [0.15, 0.2) is 78.9 Å². The molecule has 146 valence electrons. The second-order valence-electron chi connectivity index (χ2n) is 7.28. The van der Waals surface area contributed by atoms with E-state index in [4.69, 9.17) is 4.74 Å². The quantitative estimate of drug-likeness (QED) is 0.395. The molecule has 0 bridgehead atoms. The van der Waals surface area contributed by atoms with E-state index >= 15 is 0 Å². The molecule has 0 saturated carbocycles. The number of rotatable bonds is 6. The first-order chi connectivity index (χ1) is 14.1. The van der Waals surface area contributed by atoms with E-state index in [9.17, 15) is 4.39 Å². The van der Waals surface area contributed by atoms with Gasteiger partial charge >= 0.3 is 0 Å². The molecular formula is C26H24FNO. The van der Waals surface area contributed by atoms with Crippen LogP contribution in [0, 0.1) is 19.7 Å². The fraction of sp³-hybridized carbons (Fsp3) is 0.154. The zero-order valence-electron chi connectivity index (χ0n) is 16.7. The van der Waals surface area contributed by atoms with E-state index in [1.165, 1.54) is 34.0 Å². The Balaban J connectivity index is 1.63. The molecule has 0 atom stereocenters. The van der Waals surface area contributed by atoms with Crippen molar-refractivity contribution in [2.24, 2.45) is 0 Å². The van der Waals surface area contributed by atoms with Crippen LogP contribution in [0.5, 0.6) is 5.75 Å². The lowest BCUT2D eigenvalue weighted by Gasteiger charge is -2.17. The number of nitrogens with one attached hydrogen (secondary N) is 1. The Morgan fingerprint density at radius 2 is 1.62 bits per heavy atom. The third kappa shape index (κ3) is 4.24. The number of fused-ring (bicyclic) bond motifs is 1. The minimum absolute atomic E-state index is 0.238. The molecule has 2 nitrogen and oxygen atoms in total. The van der Waals surface area contributed by atoms with Crippen molar-refractivity contribution < 1.29 is 9.13 Å². The van der Waals surface area contributed by atoms with Crippen molar-refractivity contribution in [1.29, 1.82) is 0 Å². The minimum atomic E-state index is -0.238. The maximum absolute atomic E-state index is 13.2. The summed E-state index contributed by atoms with van der Waals surface area (Å²) < 4.78 is 19.3. The molecule has 0 aliphatic heterocycles. The minimum Gasteiger partial charge on any atom is -0.489 e. The molecule has 4 rings (SSSR count). The fourth-order valence-corrected chi connectivity index (χ4v) is 3.50. The van der Waals surface area contributed by atoms with E-state index in [0.717, 1.165) is 22.6 Å². The number of hydrogen-bond donors (Lipinski definition) is 1. The van der Waals surface area contributed by atoms with Crippen molar-refractivity contribution in [3.8, 4) is 5.75 Å². The van der Waals surface area contributed by atoms with Crippen molar-refractivity contribution in [3.63, 3.8) is 0 Å². The van der Waals surface area contributed by atoms with E-state index in [0.29, 0.717) is 13.2 Å². The van der Waals surface area contributed by atoms with Crippen LogP contribution in [0.25, 0.3) is 10.8 Å². The summed E-state index contributed by atoms with van der Waals surface area (Å²) in [5.41, 5.74) is 5.70. The highest BCUT2D eigenvalue weighted by atomic mass is 19.1. The fourth-order valence-electron chi connectivity index (χ4n) is 3.50. The molecule has 0 fully saturated rings. The Hall–Kier alpha value is -3.33. The molecule has 0 unspecified atom stereocenters. The van der Waals surface area contributed by atoms with Gasteiger partial charge in [-0.1, -0.05) is 54.6 Å². The van der Waals surface area contributed by atoms with Gasteiger partial charge in [0.05, 0.1) is 0 Å². The van der Waals surface area contributed by atoms with Crippen molar-refractivity contribution in [3.05, 3.63) is 107 Å². The third-order valence-corrected chi connectivity index (χ3v) is 5.37. The number of ether oxygens (including phenoxy) is 1. The van der Waals surface area contributed by atoms with E-state index < -0.39 is 0 Å². The molecule has 1 N–H and O–H groups in total. The second-order valence-corrected chi connectivity index (χ2v) is 7.28. The van der Waals surface area contributed by atoms with Crippen molar-refractivity contribution in [2.45, 2.75) is 27.0 Å². The molecular weight excluding hydrogens is 361 g/mol. The van der Waals surface area contributed by atoms with Crippen LogP contribution in [-0.2, 0) is 13.2 Å². The summed E-state index contributed by atoms with van der Waals surface area (Å²) in [5, 5.41) is 5.93. The molecule has 0 aliphatic rings. The van der Waals surface area contributed by atoms with Gasteiger partial charge in [-0.25, -0.2) is 4.39 Å². The lowest BCUT2D eigenvalue weighted by atomic mass is 10.0. The van der Waals surface area contributed by atoms with Gasteiger partial charge in [-0.3, -0.25) is 0 Å². The molecule has 3 heteroatoms. The first-order valence-corrected chi connectivity index (χ1v) is 9.80.